The van der Waals surface area contributed by atoms with E-state index in [1.165, 1.54) is 10.9 Å². The highest BCUT2D eigenvalue weighted by Gasteiger charge is 2.25. The number of ether oxygens (including phenoxy) is 1. The van der Waals surface area contributed by atoms with Crippen molar-refractivity contribution in [2.45, 2.75) is 26.2 Å². The number of amides is 2. The molecule has 2 heterocycles. The third-order valence-electron chi connectivity index (χ3n) is 4.51. The van der Waals surface area contributed by atoms with Crippen molar-refractivity contribution in [3.05, 3.63) is 41.7 Å². The number of aryl methyl sites for hydroxylation is 2. The second-order valence-electron chi connectivity index (χ2n) is 6.49. The summed E-state index contributed by atoms with van der Waals surface area (Å²) in [7, 11) is 1.71. The second-order valence-corrected chi connectivity index (χ2v) is 6.49. The van der Waals surface area contributed by atoms with Gasteiger partial charge in [-0.05, 0) is 37.8 Å². The van der Waals surface area contributed by atoms with E-state index in [1.54, 1.807) is 7.05 Å². The normalized spacial score (nSPS) is 14.2. The van der Waals surface area contributed by atoms with Crippen molar-refractivity contribution in [1.29, 1.82) is 0 Å². The van der Waals surface area contributed by atoms with Crippen molar-refractivity contribution in [3.8, 4) is 5.75 Å². The molecule has 1 N–H and O–H groups in total. The van der Waals surface area contributed by atoms with E-state index in [-0.39, 0.29) is 18.4 Å². The van der Waals surface area contributed by atoms with E-state index < -0.39 is 0 Å². The summed E-state index contributed by atoms with van der Waals surface area (Å²) in [5.41, 5.74) is 1.78. The highest BCUT2D eigenvalue weighted by atomic mass is 16.5. The van der Waals surface area contributed by atoms with Crippen molar-refractivity contribution in [1.82, 2.24) is 14.7 Å². The summed E-state index contributed by atoms with van der Waals surface area (Å²) in [5.74, 6) is 0.243. The van der Waals surface area contributed by atoms with Gasteiger partial charge in [-0.3, -0.25) is 14.3 Å². The number of piperidine rings is 1. The van der Waals surface area contributed by atoms with Gasteiger partial charge in [-0.1, -0.05) is 18.2 Å². The van der Waals surface area contributed by atoms with Crippen molar-refractivity contribution in [3.63, 3.8) is 0 Å². The fourth-order valence-corrected chi connectivity index (χ4v) is 3.08. The van der Waals surface area contributed by atoms with Crippen LogP contribution in [0.2, 0.25) is 0 Å². The van der Waals surface area contributed by atoms with Gasteiger partial charge in [-0.2, -0.15) is 5.10 Å². The van der Waals surface area contributed by atoms with Crippen LogP contribution in [0.4, 0.5) is 5.69 Å². The number of hydrogen-bond acceptors (Lipinski definition) is 4. The highest BCUT2D eigenvalue weighted by molar-refractivity contribution is 6.02. The Morgan fingerprint density at radius 3 is 2.65 bits per heavy atom. The van der Waals surface area contributed by atoms with E-state index in [1.807, 2.05) is 36.1 Å². The Balaban J connectivity index is 1.65. The molecule has 26 heavy (non-hydrogen) atoms. The van der Waals surface area contributed by atoms with Crippen molar-refractivity contribution < 1.29 is 14.3 Å². The Hall–Kier alpha value is -2.83. The predicted octanol–water partition coefficient (Wildman–Crippen LogP) is 2.37. The zero-order valence-corrected chi connectivity index (χ0v) is 15.2. The first kappa shape index (κ1) is 18.0. The molecule has 0 radical (unpaired) electrons. The molecule has 0 bridgehead atoms. The lowest BCUT2D eigenvalue weighted by atomic mass is 10.1. The van der Waals surface area contributed by atoms with Crippen LogP contribution in [-0.2, 0) is 11.8 Å². The van der Waals surface area contributed by atoms with Crippen LogP contribution in [0, 0.1) is 6.92 Å². The Kier molecular flexibility index (Phi) is 5.55. The molecular formula is C19H24N4O3. The minimum atomic E-state index is -0.325. The third kappa shape index (κ3) is 4.04. The van der Waals surface area contributed by atoms with Gasteiger partial charge in [0.15, 0.2) is 6.61 Å². The molecule has 0 atom stereocenters. The molecule has 0 unspecified atom stereocenters. The highest BCUT2D eigenvalue weighted by Crippen LogP contribution is 2.20. The number of carbonyl (C=O) groups excluding carboxylic acids is 2. The van der Waals surface area contributed by atoms with Gasteiger partial charge in [0.1, 0.15) is 11.4 Å². The van der Waals surface area contributed by atoms with E-state index in [0.717, 1.165) is 37.9 Å². The summed E-state index contributed by atoms with van der Waals surface area (Å²) in [6.07, 6.45) is 4.67. The number of rotatable bonds is 5. The number of aromatic nitrogens is 2. The van der Waals surface area contributed by atoms with Gasteiger partial charge >= 0.3 is 0 Å². The molecule has 1 fully saturated rings. The van der Waals surface area contributed by atoms with Crippen molar-refractivity contribution in [2.75, 3.05) is 25.0 Å². The molecule has 3 rings (SSSR count). The Morgan fingerprint density at radius 2 is 1.92 bits per heavy atom. The number of nitrogens with one attached hydrogen (secondary N) is 1. The van der Waals surface area contributed by atoms with Crippen LogP contribution in [0.1, 0.15) is 35.3 Å². The van der Waals surface area contributed by atoms with Gasteiger partial charge in [0.2, 0.25) is 0 Å². The molecule has 1 saturated heterocycles. The van der Waals surface area contributed by atoms with Crippen LogP contribution >= 0.6 is 0 Å². The lowest BCUT2D eigenvalue weighted by molar-refractivity contribution is -0.118. The monoisotopic (exact) mass is 356 g/mol. The molecule has 1 aliphatic heterocycles. The number of nitrogens with zero attached hydrogens (tertiary/aromatic N) is 3. The van der Waals surface area contributed by atoms with Gasteiger partial charge in [0, 0.05) is 20.1 Å². The standard InChI is InChI=1S/C19H24N4O3/c1-14-8-4-5-9-16(14)26-13-17(24)21-15-12-20-22(2)18(15)19(25)23-10-6-3-7-11-23/h4-5,8-9,12H,3,6-7,10-11,13H2,1-2H3,(H,21,24). The SMILES string of the molecule is Cc1ccccc1OCC(=O)Nc1cnn(C)c1C(=O)N1CCCCC1. The lowest BCUT2D eigenvalue weighted by Crippen LogP contribution is -2.37. The van der Waals surface area contributed by atoms with E-state index in [0.29, 0.717) is 17.1 Å². The van der Waals surface area contributed by atoms with Crippen molar-refractivity contribution >= 4 is 17.5 Å². The minimum absolute atomic E-state index is 0.0974. The molecule has 0 aliphatic carbocycles. The minimum Gasteiger partial charge on any atom is -0.483 e. The quantitative estimate of drug-likeness (QED) is 0.892. The molecule has 7 nitrogen and oxygen atoms in total. The maximum atomic E-state index is 12.8. The maximum Gasteiger partial charge on any atom is 0.274 e. The van der Waals surface area contributed by atoms with Crippen LogP contribution in [0.5, 0.6) is 5.75 Å². The van der Waals surface area contributed by atoms with E-state index in [9.17, 15) is 9.59 Å². The number of benzene rings is 1. The Morgan fingerprint density at radius 1 is 1.19 bits per heavy atom. The van der Waals surface area contributed by atoms with Gasteiger partial charge in [-0.25, -0.2) is 0 Å². The number of likely N-dealkylation sites (tertiary alicyclic amines) is 1. The van der Waals surface area contributed by atoms with E-state index in [4.69, 9.17) is 4.74 Å². The second kappa shape index (κ2) is 8.03. The Labute approximate surface area is 152 Å². The fourth-order valence-electron chi connectivity index (χ4n) is 3.08. The first-order valence-corrected chi connectivity index (χ1v) is 8.86. The molecule has 1 aromatic carbocycles. The number of carbonyl (C=O) groups is 2. The Bertz CT molecular complexity index is 794. The largest absolute Gasteiger partial charge is 0.483 e. The lowest BCUT2D eigenvalue weighted by Gasteiger charge is -2.27. The van der Waals surface area contributed by atoms with Gasteiger partial charge in [0.05, 0.1) is 11.9 Å². The third-order valence-corrected chi connectivity index (χ3v) is 4.51. The summed E-state index contributed by atoms with van der Waals surface area (Å²) >= 11 is 0. The van der Waals surface area contributed by atoms with Crippen LogP contribution in [0.3, 0.4) is 0 Å². The molecule has 7 heteroatoms. The van der Waals surface area contributed by atoms with E-state index >= 15 is 0 Å². The summed E-state index contributed by atoms with van der Waals surface area (Å²) in [6.45, 7) is 3.28. The molecule has 2 amide bonds. The molecule has 1 aromatic heterocycles. The summed E-state index contributed by atoms with van der Waals surface area (Å²) in [5, 5.41) is 6.88. The van der Waals surface area contributed by atoms with Crippen LogP contribution < -0.4 is 10.1 Å². The van der Waals surface area contributed by atoms with Crippen molar-refractivity contribution in [2.24, 2.45) is 7.05 Å². The van der Waals surface area contributed by atoms with Crippen LogP contribution in [0.15, 0.2) is 30.5 Å². The van der Waals surface area contributed by atoms with Gasteiger partial charge in [-0.15, -0.1) is 0 Å². The molecule has 0 spiro atoms. The average molecular weight is 356 g/mol. The molecule has 1 aliphatic rings. The summed E-state index contributed by atoms with van der Waals surface area (Å²) < 4.78 is 7.07. The first-order valence-electron chi connectivity index (χ1n) is 8.86. The molecule has 138 valence electrons. The number of hydrogen-bond donors (Lipinski definition) is 1. The van der Waals surface area contributed by atoms with E-state index in [2.05, 4.69) is 10.4 Å². The maximum absolute atomic E-state index is 12.8. The topological polar surface area (TPSA) is 76.5 Å². The van der Waals surface area contributed by atoms with Gasteiger partial charge < -0.3 is 15.0 Å². The summed E-state index contributed by atoms with van der Waals surface area (Å²) in [4.78, 5) is 26.9. The summed E-state index contributed by atoms with van der Waals surface area (Å²) in [6, 6.07) is 7.51. The first-order chi connectivity index (χ1) is 12.6. The predicted molar refractivity (Wildman–Crippen MR) is 98.3 cm³/mol. The zero-order chi connectivity index (χ0) is 18.5. The smallest absolute Gasteiger partial charge is 0.274 e. The van der Waals surface area contributed by atoms with Crippen LogP contribution in [0.25, 0.3) is 0 Å². The van der Waals surface area contributed by atoms with Crippen LogP contribution in [-0.4, -0.2) is 46.2 Å². The molecule has 2 aromatic rings. The zero-order valence-electron chi connectivity index (χ0n) is 15.2. The number of anilines is 1. The average Bonchev–Trinajstić information content (AvgIpc) is 3.01. The fraction of sp³-hybridized carbons (Fsp3) is 0.421. The molecular weight excluding hydrogens is 332 g/mol. The number of para-hydroxylation sites is 1. The molecule has 0 saturated carbocycles. The van der Waals surface area contributed by atoms with Gasteiger partial charge in [0.25, 0.3) is 11.8 Å².